The highest BCUT2D eigenvalue weighted by Gasteiger charge is 2.26. The average molecular weight is 405 g/mol. The van der Waals surface area contributed by atoms with Gasteiger partial charge in [0, 0.05) is 18.9 Å². The number of rotatable bonds is 6. The number of anilines is 1. The number of hydrogen-bond acceptors (Lipinski definition) is 4. The minimum absolute atomic E-state index is 0.0667. The molecule has 1 aromatic heterocycles. The van der Waals surface area contributed by atoms with Crippen LogP contribution in [0.5, 0.6) is 5.75 Å². The molecule has 3 aromatic rings. The number of H-pyrrole nitrogens is 1. The lowest BCUT2D eigenvalue weighted by Crippen LogP contribution is -2.28. The number of alkyl halides is 2. The quantitative estimate of drug-likeness (QED) is 0.571. The third-order valence-corrected chi connectivity index (χ3v) is 4.63. The molecule has 0 radical (unpaired) electrons. The Kier molecular flexibility index (Phi) is 5.18. The Morgan fingerprint density at radius 2 is 2.00 bits per heavy atom. The van der Waals surface area contributed by atoms with E-state index in [-0.39, 0.29) is 16.2 Å². The van der Waals surface area contributed by atoms with Crippen LogP contribution in [0.25, 0.3) is 11.0 Å². The first-order valence-electron chi connectivity index (χ1n) is 8.59. The number of nitrogens with one attached hydrogen (secondary N) is 2. The number of para-hydroxylation sites is 1. The molecule has 0 fully saturated rings. The number of nitrogens with zero attached hydrogens (tertiary/aromatic N) is 2. The van der Waals surface area contributed by atoms with Gasteiger partial charge in [-0.3, -0.25) is 0 Å². The van der Waals surface area contributed by atoms with E-state index in [4.69, 9.17) is 11.6 Å². The maximum atomic E-state index is 13.1. The van der Waals surface area contributed by atoms with Crippen molar-refractivity contribution < 1.29 is 13.5 Å². The molecule has 28 heavy (non-hydrogen) atoms. The summed E-state index contributed by atoms with van der Waals surface area (Å²) in [5.41, 5.74) is 2.34. The second-order valence-corrected chi connectivity index (χ2v) is 7.60. The summed E-state index contributed by atoms with van der Waals surface area (Å²) in [6.07, 6.45) is -3.30. The largest absolute Gasteiger partial charge is 0.431 e. The van der Waals surface area contributed by atoms with E-state index < -0.39 is 6.11 Å². The topological polar surface area (TPSA) is 73.7 Å². The summed E-state index contributed by atoms with van der Waals surface area (Å²) in [5.74, 6) is 0.477. The summed E-state index contributed by atoms with van der Waals surface area (Å²) < 4.78 is 30.7. The van der Waals surface area contributed by atoms with Crippen LogP contribution in [0.15, 0.2) is 36.4 Å². The Labute approximate surface area is 166 Å². The molecule has 146 valence electrons. The van der Waals surface area contributed by atoms with E-state index in [1.54, 1.807) is 24.3 Å². The summed E-state index contributed by atoms with van der Waals surface area (Å²) >= 11 is 6.12. The molecule has 5 nitrogen and oxygen atoms in total. The zero-order valence-electron chi connectivity index (χ0n) is 15.6. The fourth-order valence-electron chi connectivity index (χ4n) is 2.81. The molecule has 0 saturated heterocycles. The molecular weight excluding hydrogens is 386 g/mol. The lowest BCUT2D eigenvalue weighted by Gasteiger charge is -2.26. The van der Waals surface area contributed by atoms with E-state index >= 15 is 0 Å². The first-order chi connectivity index (χ1) is 13.1. The number of nitriles is 1. The van der Waals surface area contributed by atoms with Crippen molar-refractivity contribution in [2.45, 2.75) is 32.3 Å². The Morgan fingerprint density at radius 3 is 2.64 bits per heavy atom. The Balaban J connectivity index is 1.77. The fourth-order valence-corrected chi connectivity index (χ4v) is 3.03. The minimum atomic E-state index is -3.30. The monoisotopic (exact) mass is 404 g/mol. The molecule has 0 aliphatic rings. The highest BCUT2D eigenvalue weighted by Crippen LogP contribution is 2.34. The van der Waals surface area contributed by atoms with E-state index in [0.29, 0.717) is 30.5 Å². The molecule has 2 N–H and O–H groups in total. The van der Waals surface area contributed by atoms with Crippen molar-refractivity contribution in [1.29, 1.82) is 5.26 Å². The second-order valence-electron chi connectivity index (χ2n) is 7.19. The van der Waals surface area contributed by atoms with Crippen LogP contribution < -0.4 is 10.1 Å². The van der Waals surface area contributed by atoms with Crippen molar-refractivity contribution in [3.8, 4) is 11.8 Å². The highest BCUT2D eigenvalue weighted by atomic mass is 35.5. The number of ether oxygens (including phenoxy) is 1. The number of aromatic amines is 1. The van der Waals surface area contributed by atoms with Crippen molar-refractivity contribution >= 4 is 28.6 Å². The van der Waals surface area contributed by atoms with Crippen molar-refractivity contribution in [3.63, 3.8) is 0 Å². The van der Waals surface area contributed by atoms with Gasteiger partial charge in [0.05, 0.1) is 16.1 Å². The van der Waals surface area contributed by atoms with Gasteiger partial charge in [-0.15, -0.1) is 0 Å². The SMILES string of the molecule is CC(F)(F)Oc1ccc(C(C)(C)CNc2nc3c(C#N)cccc3[nH]2)cc1Cl. The van der Waals surface area contributed by atoms with Gasteiger partial charge in [-0.05, 0) is 29.8 Å². The van der Waals surface area contributed by atoms with E-state index in [1.807, 2.05) is 19.9 Å². The molecule has 0 atom stereocenters. The van der Waals surface area contributed by atoms with Gasteiger partial charge < -0.3 is 15.0 Å². The van der Waals surface area contributed by atoms with Gasteiger partial charge >= 0.3 is 6.11 Å². The molecule has 8 heteroatoms. The lowest BCUT2D eigenvalue weighted by atomic mass is 9.84. The number of benzene rings is 2. The Morgan fingerprint density at radius 1 is 1.25 bits per heavy atom. The third-order valence-electron chi connectivity index (χ3n) is 4.33. The predicted molar refractivity (Wildman–Crippen MR) is 105 cm³/mol. The fraction of sp³-hybridized carbons (Fsp3) is 0.300. The van der Waals surface area contributed by atoms with Crippen LogP contribution in [0.2, 0.25) is 5.02 Å². The van der Waals surface area contributed by atoms with Crippen molar-refractivity contribution in [2.75, 3.05) is 11.9 Å². The molecule has 0 amide bonds. The molecule has 0 aliphatic carbocycles. The molecular formula is C20H19ClF2N4O. The van der Waals surface area contributed by atoms with Gasteiger partial charge in [0.15, 0.2) is 0 Å². The van der Waals surface area contributed by atoms with E-state index in [0.717, 1.165) is 11.1 Å². The van der Waals surface area contributed by atoms with Gasteiger partial charge in [0.2, 0.25) is 5.95 Å². The minimum Gasteiger partial charge on any atom is -0.431 e. The molecule has 3 rings (SSSR count). The summed E-state index contributed by atoms with van der Waals surface area (Å²) in [7, 11) is 0. The number of halogens is 3. The second kappa shape index (κ2) is 7.28. The summed E-state index contributed by atoms with van der Waals surface area (Å²) in [4.78, 5) is 7.57. The highest BCUT2D eigenvalue weighted by molar-refractivity contribution is 6.32. The van der Waals surface area contributed by atoms with Gasteiger partial charge in [0.1, 0.15) is 17.3 Å². The molecule has 0 bridgehead atoms. The van der Waals surface area contributed by atoms with Crippen molar-refractivity contribution in [1.82, 2.24) is 9.97 Å². The van der Waals surface area contributed by atoms with Gasteiger partial charge in [-0.25, -0.2) is 4.98 Å². The molecule has 0 spiro atoms. The predicted octanol–water partition coefficient (Wildman–Crippen LogP) is 5.47. The molecule has 0 aliphatic heterocycles. The molecule has 0 saturated carbocycles. The van der Waals surface area contributed by atoms with Gasteiger partial charge in [-0.1, -0.05) is 37.6 Å². The maximum Gasteiger partial charge on any atom is 0.394 e. The lowest BCUT2D eigenvalue weighted by molar-refractivity contribution is -0.158. The van der Waals surface area contributed by atoms with E-state index in [1.165, 1.54) is 6.07 Å². The Hall–Kier alpha value is -2.85. The summed E-state index contributed by atoms with van der Waals surface area (Å²) in [6, 6.07) is 12.2. The summed E-state index contributed by atoms with van der Waals surface area (Å²) in [5, 5.41) is 12.5. The van der Waals surface area contributed by atoms with Gasteiger partial charge in [-0.2, -0.15) is 14.0 Å². The molecule has 0 unspecified atom stereocenters. The van der Waals surface area contributed by atoms with Crippen LogP contribution in [-0.2, 0) is 5.41 Å². The average Bonchev–Trinajstić information content (AvgIpc) is 3.04. The van der Waals surface area contributed by atoms with Crippen LogP contribution in [0.1, 0.15) is 31.9 Å². The summed E-state index contributed by atoms with van der Waals surface area (Å²) in [6.45, 7) is 5.14. The number of fused-ring (bicyclic) bond motifs is 1. The van der Waals surface area contributed by atoms with E-state index in [9.17, 15) is 14.0 Å². The molecule has 1 heterocycles. The third kappa shape index (κ3) is 4.34. The van der Waals surface area contributed by atoms with E-state index in [2.05, 4.69) is 26.1 Å². The smallest absolute Gasteiger partial charge is 0.394 e. The zero-order valence-corrected chi connectivity index (χ0v) is 16.4. The normalized spacial score (nSPS) is 12.0. The zero-order chi connectivity index (χ0) is 20.5. The maximum absolute atomic E-state index is 13.1. The van der Waals surface area contributed by atoms with Crippen LogP contribution >= 0.6 is 11.6 Å². The van der Waals surface area contributed by atoms with Crippen molar-refractivity contribution in [3.05, 3.63) is 52.5 Å². The standard InChI is InChI=1S/C20H19ClF2N4O/c1-19(2,13-7-8-16(14(21)9-13)28-20(3,22)23)11-25-18-26-15-6-4-5-12(10-24)17(15)27-18/h4-9H,11H2,1-3H3,(H2,25,26,27). The first-order valence-corrected chi connectivity index (χ1v) is 8.96. The van der Waals surface area contributed by atoms with Crippen LogP contribution in [0, 0.1) is 11.3 Å². The first kappa shape index (κ1) is 19.9. The number of hydrogen-bond donors (Lipinski definition) is 2. The number of aromatic nitrogens is 2. The number of imidazole rings is 1. The molecule has 2 aromatic carbocycles. The van der Waals surface area contributed by atoms with Gasteiger partial charge in [0.25, 0.3) is 0 Å². The van der Waals surface area contributed by atoms with Crippen LogP contribution in [0.4, 0.5) is 14.7 Å². The van der Waals surface area contributed by atoms with Crippen LogP contribution in [0.3, 0.4) is 0 Å². The Bertz CT molecular complexity index is 1050. The van der Waals surface area contributed by atoms with Crippen molar-refractivity contribution in [2.24, 2.45) is 0 Å². The van der Waals surface area contributed by atoms with Crippen LogP contribution in [-0.4, -0.2) is 22.6 Å².